The largest absolute Gasteiger partial charge is 0.306 e. The molecule has 0 spiro atoms. The van der Waals surface area contributed by atoms with Crippen LogP contribution in [0.2, 0.25) is 10.0 Å². The zero-order valence-corrected chi connectivity index (χ0v) is 14.3. The van der Waals surface area contributed by atoms with Gasteiger partial charge < -0.3 is 5.32 Å². The van der Waals surface area contributed by atoms with Crippen molar-refractivity contribution < 1.29 is 0 Å². The number of hydrogen-bond donors (Lipinski definition) is 1. The van der Waals surface area contributed by atoms with Crippen LogP contribution in [0.25, 0.3) is 0 Å². The van der Waals surface area contributed by atoms with E-state index in [2.05, 4.69) is 38.2 Å². The monoisotopic (exact) mass is 327 g/mol. The molecule has 1 nitrogen and oxygen atoms in total. The summed E-state index contributed by atoms with van der Waals surface area (Å²) in [6, 6.07) is 8.17. The van der Waals surface area contributed by atoms with E-state index >= 15 is 0 Å². The van der Waals surface area contributed by atoms with Crippen molar-refractivity contribution in [1.29, 1.82) is 0 Å². The third kappa shape index (κ3) is 3.37. The van der Waals surface area contributed by atoms with Crippen LogP contribution < -0.4 is 5.32 Å². The summed E-state index contributed by atoms with van der Waals surface area (Å²) < 4.78 is 0. The Morgan fingerprint density at radius 2 is 2.00 bits per heavy atom. The van der Waals surface area contributed by atoms with Gasteiger partial charge in [0.1, 0.15) is 0 Å². The van der Waals surface area contributed by atoms with Gasteiger partial charge in [-0.25, -0.2) is 0 Å². The fourth-order valence-corrected chi connectivity index (χ4v) is 3.87. The van der Waals surface area contributed by atoms with Gasteiger partial charge in [0.15, 0.2) is 0 Å². The maximum Gasteiger partial charge on any atom is 0.0688 e. The Hall–Kier alpha value is -0.540. The predicted molar refractivity (Wildman–Crippen MR) is 90.4 cm³/mol. The van der Waals surface area contributed by atoms with Crippen molar-refractivity contribution in [3.63, 3.8) is 0 Å². The molecule has 0 fully saturated rings. The minimum absolute atomic E-state index is 0.111. The molecule has 20 heavy (non-hydrogen) atoms. The second-order valence-electron chi connectivity index (χ2n) is 4.93. The maximum atomic E-state index is 6.41. The van der Waals surface area contributed by atoms with Gasteiger partial charge in [-0.15, -0.1) is 11.3 Å². The van der Waals surface area contributed by atoms with E-state index in [1.54, 1.807) is 0 Å². The minimum Gasteiger partial charge on any atom is -0.306 e. The first-order valence-electron chi connectivity index (χ1n) is 6.78. The van der Waals surface area contributed by atoms with Crippen LogP contribution in [0.15, 0.2) is 24.3 Å². The lowest BCUT2D eigenvalue weighted by Crippen LogP contribution is -2.23. The standard InChI is InChI=1S/C16H19Cl2NS/c1-4-8-19-15(16-10(2)9-11(3)20-16)12-6-5-7-13(17)14(12)18/h5-7,9,15,19H,4,8H2,1-3H3. The van der Waals surface area contributed by atoms with Gasteiger partial charge in [0.2, 0.25) is 0 Å². The van der Waals surface area contributed by atoms with Crippen molar-refractivity contribution >= 4 is 34.5 Å². The number of aryl methyl sites for hydroxylation is 2. The van der Waals surface area contributed by atoms with E-state index in [4.69, 9.17) is 23.2 Å². The summed E-state index contributed by atoms with van der Waals surface area (Å²) in [4.78, 5) is 2.64. The highest BCUT2D eigenvalue weighted by atomic mass is 35.5. The number of halogens is 2. The molecule has 1 aromatic heterocycles. The van der Waals surface area contributed by atoms with Gasteiger partial charge in [-0.1, -0.05) is 42.3 Å². The molecule has 1 unspecified atom stereocenters. The Morgan fingerprint density at radius 3 is 2.60 bits per heavy atom. The van der Waals surface area contributed by atoms with Crippen molar-refractivity contribution in [2.75, 3.05) is 6.54 Å². The molecule has 1 aromatic carbocycles. The van der Waals surface area contributed by atoms with Gasteiger partial charge in [-0.2, -0.15) is 0 Å². The molecule has 0 aliphatic carbocycles. The molecule has 1 atom stereocenters. The van der Waals surface area contributed by atoms with Gasteiger partial charge in [-0.05, 0) is 50.1 Å². The fourth-order valence-electron chi connectivity index (χ4n) is 2.32. The molecule has 0 aliphatic rings. The highest BCUT2D eigenvalue weighted by molar-refractivity contribution is 7.12. The van der Waals surface area contributed by atoms with Gasteiger partial charge in [0.25, 0.3) is 0 Å². The fraction of sp³-hybridized carbons (Fsp3) is 0.375. The van der Waals surface area contributed by atoms with Crippen LogP contribution in [0, 0.1) is 13.8 Å². The zero-order chi connectivity index (χ0) is 14.7. The normalized spacial score (nSPS) is 12.7. The number of hydrogen-bond acceptors (Lipinski definition) is 2. The first-order valence-corrected chi connectivity index (χ1v) is 8.36. The highest BCUT2D eigenvalue weighted by Crippen LogP contribution is 2.37. The average molecular weight is 328 g/mol. The molecule has 0 bridgehead atoms. The van der Waals surface area contributed by atoms with Crippen LogP contribution in [-0.2, 0) is 0 Å². The van der Waals surface area contributed by atoms with E-state index in [0.717, 1.165) is 18.5 Å². The lowest BCUT2D eigenvalue weighted by atomic mass is 10.0. The summed E-state index contributed by atoms with van der Waals surface area (Å²) in [5, 5.41) is 4.85. The van der Waals surface area contributed by atoms with Gasteiger partial charge in [0.05, 0.1) is 16.1 Å². The minimum atomic E-state index is 0.111. The molecule has 0 saturated heterocycles. The predicted octanol–water partition coefficient (Wildman–Crippen LogP) is 5.76. The first kappa shape index (κ1) is 15.8. The Labute approximate surface area is 134 Å². The van der Waals surface area contributed by atoms with E-state index in [-0.39, 0.29) is 6.04 Å². The number of nitrogens with one attached hydrogen (secondary N) is 1. The SMILES string of the molecule is CCCNC(c1cccc(Cl)c1Cl)c1sc(C)cc1C. The van der Waals surface area contributed by atoms with Gasteiger partial charge in [-0.3, -0.25) is 0 Å². The van der Waals surface area contributed by atoms with Crippen LogP contribution >= 0.6 is 34.5 Å². The summed E-state index contributed by atoms with van der Waals surface area (Å²) in [6.45, 7) is 7.40. The maximum absolute atomic E-state index is 6.41. The lowest BCUT2D eigenvalue weighted by molar-refractivity contribution is 0.604. The second kappa shape index (κ2) is 6.95. The Balaban J connectivity index is 2.47. The quantitative estimate of drug-likeness (QED) is 0.736. The molecule has 0 saturated carbocycles. The molecule has 1 heterocycles. The molecule has 1 N–H and O–H groups in total. The van der Waals surface area contributed by atoms with E-state index in [1.165, 1.54) is 15.3 Å². The Kier molecular flexibility index (Phi) is 5.50. The van der Waals surface area contributed by atoms with E-state index < -0.39 is 0 Å². The van der Waals surface area contributed by atoms with Gasteiger partial charge in [0, 0.05) is 9.75 Å². The van der Waals surface area contributed by atoms with Crippen molar-refractivity contribution in [3.8, 4) is 0 Å². The summed E-state index contributed by atoms with van der Waals surface area (Å²) >= 11 is 14.4. The zero-order valence-electron chi connectivity index (χ0n) is 12.0. The second-order valence-corrected chi connectivity index (χ2v) is 7.01. The number of benzene rings is 1. The molecule has 0 amide bonds. The van der Waals surface area contributed by atoms with E-state index in [9.17, 15) is 0 Å². The summed E-state index contributed by atoms with van der Waals surface area (Å²) in [7, 11) is 0. The Bertz CT molecular complexity index is 592. The number of thiophene rings is 1. The van der Waals surface area contributed by atoms with E-state index in [0.29, 0.717) is 10.0 Å². The van der Waals surface area contributed by atoms with Gasteiger partial charge >= 0.3 is 0 Å². The van der Waals surface area contributed by atoms with Crippen molar-refractivity contribution in [1.82, 2.24) is 5.32 Å². The molecular formula is C16H19Cl2NS. The molecule has 0 radical (unpaired) electrons. The van der Waals surface area contributed by atoms with Crippen LogP contribution in [-0.4, -0.2) is 6.54 Å². The van der Waals surface area contributed by atoms with Crippen LogP contribution in [0.5, 0.6) is 0 Å². The Morgan fingerprint density at radius 1 is 1.25 bits per heavy atom. The smallest absolute Gasteiger partial charge is 0.0688 e. The van der Waals surface area contributed by atoms with Crippen molar-refractivity contribution in [2.45, 2.75) is 33.2 Å². The molecule has 2 rings (SSSR count). The number of rotatable bonds is 5. The first-order chi connectivity index (χ1) is 9.54. The van der Waals surface area contributed by atoms with Crippen LogP contribution in [0.3, 0.4) is 0 Å². The van der Waals surface area contributed by atoms with Crippen LogP contribution in [0.1, 0.15) is 40.3 Å². The molecule has 0 aliphatic heterocycles. The summed E-state index contributed by atoms with van der Waals surface area (Å²) in [5.41, 5.74) is 2.36. The molecule has 2 aromatic rings. The molecular weight excluding hydrogens is 309 g/mol. The topological polar surface area (TPSA) is 12.0 Å². The van der Waals surface area contributed by atoms with Crippen LogP contribution in [0.4, 0.5) is 0 Å². The van der Waals surface area contributed by atoms with Crippen molar-refractivity contribution in [2.24, 2.45) is 0 Å². The third-order valence-corrected chi connectivity index (χ3v) is 5.28. The average Bonchev–Trinajstić information content (AvgIpc) is 2.74. The molecule has 4 heteroatoms. The lowest BCUT2D eigenvalue weighted by Gasteiger charge is -2.20. The molecule has 108 valence electrons. The third-order valence-electron chi connectivity index (χ3n) is 3.23. The summed E-state index contributed by atoms with van der Waals surface area (Å²) in [5.74, 6) is 0. The van der Waals surface area contributed by atoms with Crippen molar-refractivity contribution in [3.05, 3.63) is 55.2 Å². The summed E-state index contributed by atoms with van der Waals surface area (Å²) in [6.07, 6.45) is 1.08. The highest BCUT2D eigenvalue weighted by Gasteiger charge is 2.21. The van der Waals surface area contributed by atoms with E-state index in [1.807, 2.05) is 23.5 Å².